The van der Waals surface area contributed by atoms with Crippen LogP contribution in [0.5, 0.6) is 0 Å². The van der Waals surface area contributed by atoms with E-state index < -0.39 is 259 Å². The molecular formula is C72H146O47. The fourth-order valence-electron chi connectivity index (χ4n) is 9.22. The Hall–Kier alpha value is -1.88. The molecule has 0 aliphatic rings. The van der Waals surface area contributed by atoms with Crippen molar-refractivity contribution in [2.45, 2.75) is 148 Å². The van der Waals surface area contributed by atoms with E-state index in [0.29, 0.717) is 0 Å². The molecule has 25 N–H and O–H groups in total. The van der Waals surface area contributed by atoms with Gasteiger partial charge in [-0.3, -0.25) is 0 Å². The minimum Gasteiger partial charge on any atom is -0.394 e. The lowest BCUT2D eigenvalue weighted by Crippen LogP contribution is -2.42. The van der Waals surface area contributed by atoms with Gasteiger partial charge in [-0.05, 0) is 6.42 Å². The Labute approximate surface area is 693 Å². The van der Waals surface area contributed by atoms with Crippen LogP contribution >= 0.6 is 0 Å². The normalized spacial score (nSPS) is 18.5. The van der Waals surface area contributed by atoms with Crippen LogP contribution in [0.2, 0.25) is 0 Å². The highest BCUT2D eigenvalue weighted by atomic mass is 16.6. The lowest BCUT2D eigenvalue weighted by Gasteiger charge is -2.34. The fraction of sp³-hybridized carbons (Fsp3) is 1.00. The molecule has 0 saturated carbocycles. The maximum atomic E-state index is 10.8. The van der Waals surface area contributed by atoms with E-state index in [4.69, 9.17) is 104 Å². The summed E-state index contributed by atoms with van der Waals surface area (Å²) in [7, 11) is 0. The van der Waals surface area contributed by atoms with Crippen LogP contribution in [0, 0.1) is 5.41 Å². The first-order valence-corrected chi connectivity index (χ1v) is 39.5. The number of aliphatic hydroxyl groups excluding tert-OH is 25. The monoisotopic (exact) mass is 1760 g/mol. The van der Waals surface area contributed by atoms with Crippen LogP contribution in [0.15, 0.2) is 0 Å². The van der Waals surface area contributed by atoms with E-state index in [2.05, 4.69) is 0 Å². The number of ether oxygens (including phenoxy) is 22. The molecule has 0 aromatic carbocycles. The van der Waals surface area contributed by atoms with Crippen molar-refractivity contribution in [3.05, 3.63) is 0 Å². The van der Waals surface area contributed by atoms with E-state index in [1.54, 1.807) is 6.92 Å². The van der Waals surface area contributed by atoms with Crippen LogP contribution < -0.4 is 0 Å². The summed E-state index contributed by atoms with van der Waals surface area (Å²) in [5.41, 5.74) is -1.25. The highest BCUT2D eigenvalue weighted by Crippen LogP contribution is 2.26. The van der Waals surface area contributed by atoms with Crippen LogP contribution in [0.1, 0.15) is 13.3 Å². The largest absolute Gasteiger partial charge is 0.394 e. The second-order valence-corrected chi connectivity index (χ2v) is 28.0. The third kappa shape index (κ3) is 65.4. The second kappa shape index (κ2) is 78.4. The predicted molar refractivity (Wildman–Crippen MR) is 404 cm³/mol. The smallest absolute Gasteiger partial charge is 0.104 e. The molecule has 0 rings (SSSR count). The van der Waals surface area contributed by atoms with Crippen LogP contribution in [0.25, 0.3) is 0 Å². The summed E-state index contributed by atoms with van der Waals surface area (Å²) in [6.07, 6.45) is -25.7. The summed E-state index contributed by atoms with van der Waals surface area (Å²) in [5, 5.41) is 246. The van der Waals surface area contributed by atoms with Gasteiger partial charge in [0.2, 0.25) is 0 Å². The fourth-order valence-corrected chi connectivity index (χ4v) is 9.22. The Kier molecular flexibility index (Phi) is 77.1. The first-order valence-electron chi connectivity index (χ1n) is 39.5. The van der Waals surface area contributed by atoms with Gasteiger partial charge in [-0.1, -0.05) is 6.92 Å². The molecule has 716 valence electrons. The topological polar surface area (TPSA) is 709 Å². The van der Waals surface area contributed by atoms with Crippen molar-refractivity contribution in [3.63, 3.8) is 0 Å². The average molecular weight is 1760 g/mol. The first kappa shape index (κ1) is 117. The molecule has 0 amide bonds. The lowest BCUT2D eigenvalue weighted by atomic mass is 9.88. The molecule has 23 unspecified atom stereocenters. The van der Waals surface area contributed by atoms with E-state index in [9.17, 15) is 128 Å². The summed E-state index contributed by atoms with van der Waals surface area (Å²) in [6, 6.07) is 0. The molecule has 0 spiro atoms. The summed E-state index contributed by atoms with van der Waals surface area (Å²) >= 11 is 0. The standard InChI is InChI=1S/C72H146O47/c1-2-72(47-107-41-67(117-44-64(15-85)112-25-56(92)9-79)32-102-21-60(96)20-98-16-50(86)3-73,48-108-42-68(118-45-70(115-28-59(95)12-82)39-100-18-52(88)5-75)37-105-35-65(113-26-57(93)10-80)33-103-30-62(13-83)110-23-54(90)7-77)49-109-43-69(119-46-71(40-101-19-53(89)6-76)116-29-61(97)22-99-17-51(87)4-74)38-106-36-66(114-27-58(94)11-81)34-104-31-63(14-84)111-24-55(91)8-78/h50-71,73-97H,2-49H2,1H3. The minimum absolute atomic E-state index is 0.160. The Bertz CT molecular complexity index is 2150. The van der Waals surface area contributed by atoms with Crippen molar-refractivity contribution in [2.75, 3.05) is 311 Å². The summed E-state index contributed by atoms with van der Waals surface area (Å²) in [6.45, 7) is -17.6. The second-order valence-electron chi connectivity index (χ2n) is 28.0. The van der Waals surface area contributed by atoms with Crippen LogP contribution in [0.4, 0.5) is 0 Å². The van der Waals surface area contributed by atoms with Crippen molar-refractivity contribution in [1.29, 1.82) is 0 Å². The number of hydrogen-bond donors (Lipinski definition) is 25. The molecule has 0 aliphatic carbocycles. The third-order valence-corrected chi connectivity index (χ3v) is 16.3. The molecular weight excluding hydrogens is 1620 g/mol. The minimum atomic E-state index is -1.35. The Morgan fingerprint density at radius 2 is 0.286 bits per heavy atom. The van der Waals surface area contributed by atoms with Crippen molar-refractivity contribution in [2.24, 2.45) is 5.41 Å². The van der Waals surface area contributed by atoms with E-state index in [-0.39, 0.29) is 198 Å². The molecule has 23 atom stereocenters. The zero-order chi connectivity index (χ0) is 88.7. The molecule has 0 radical (unpaired) electrons. The Balaban J connectivity index is 8.11. The highest BCUT2D eigenvalue weighted by molar-refractivity contribution is 4.80. The van der Waals surface area contributed by atoms with Gasteiger partial charge in [0, 0.05) is 5.41 Å². The van der Waals surface area contributed by atoms with Gasteiger partial charge >= 0.3 is 0 Å². The maximum absolute atomic E-state index is 10.8. The molecule has 0 heterocycles. The SMILES string of the molecule is CCC(COCC(COCC(O)COCC(O)CO)OCC(CO)OCC(O)CO)(COCC(COCC(COCC(CO)OCC(O)CO)OCC(O)CO)OCC(COCC(O)CO)OCC(O)CO)COCC(COCC(COCC(CO)OCC(O)CO)OCC(O)CO)OCC(COCC(O)CO)OCC(O)COCC(O)CO. The summed E-state index contributed by atoms with van der Waals surface area (Å²) in [5.74, 6) is 0. The van der Waals surface area contributed by atoms with Gasteiger partial charge in [0.15, 0.2) is 0 Å². The molecule has 0 bridgehead atoms. The van der Waals surface area contributed by atoms with Gasteiger partial charge in [-0.2, -0.15) is 0 Å². The zero-order valence-corrected chi connectivity index (χ0v) is 68.3. The number of rotatable bonds is 92. The predicted octanol–water partition coefficient (Wildman–Crippen LogP) is -14.3. The lowest BCUT2D eigenvalue weighted by molar-refractivity contribution is -0.156. The van der Waals surface area contributed by atoms with E-state index in [1.807, 2.05) is 0 Å². The van der Waals surface area contributed by atoms with Crippen molar-refractivity contribution in [1.82, 2.24) is 0 Å². The van der Waals surface area contributed by atoms with Gasteiger partial charge in [0.25, 0.3) is 0 Å². The molecule has 47 nitrogen and oxygen atoms in total. The van der Waals surface area contributed by atoms with Crippen LogP contribution in [-0.2, 0) is 104 Å². The van der Waals surface area contributed by atoms with Gasteiger partial charge in [-0.15, -0.1) is 0 Å². The third-order valence-electron chi connectivity index (χ3n) is 16.3. The molecule has 0 aromatic heterocycles. The average Bonchev–Trinajstić information content (AvgIpc) is 0.865. The Morgan fingerprint density at radius 3 is 0.504 bits per heavy atom. The maximum Gasteiger partial charge on any atom is 0.104 e. The van der Waals surface area contributed by atoms with Crippen molar-refractivity contribution in [3.8, 4) is 0 Å². The number of hydrogen-bond acceptors (Lipinski definition) is 47. The molecule has 119 heavy (non-hydrogen) atoms. The number of aliphatic hydroxyl groups is 25. The zero-order valence-electron chi connectivity index (χ0n) is 68.3. The van der Waals surface area contributed by atoms with Gasteiger partial charge in [-0.25, -0.2) is 0 Å². The van der Waals surface area contributed by atoms with Gasteiger partial charge in [0.05, 0.1) is 311 Å². The van der Waals surface area contributed by atoms with E-state index in [0.717, 1.165) is 0 Å². The van der Waals surface area contributed by atoms with Crippen molar-refractivity contribution >= 4 is 0 Å². The van der Waals surface area contributed by atoms with Gasteiger partial charge in [0.1, 0.15) is 134 Å². The molecule has 0 fully saturated rings. The summed E-state index contributed by atoms with van der Waals surface area (Å²) < 4.78 is 130. The molecule has 0 aromatic rings. The Morgan fingerprint density at radius 1 is 0.151 bits per heavy atom. The van der Waals surface area contributed by atoms with Crippen molar-refractivity contribution < 1.29 is 232 Å². The molecule has 47 heteroatoms. The van der Waals surface area contributed by atoms with Crippen LogP contribution in [0.3, 0.4) is 0 Å². The van der Waals surface area contributed by atoms with E-state index in [1.165, 1.54) is 0 Å². The quantitative estimate of drug-likeness (QED) is 0.0269. The van der Waals surface area contributed by atoms with Crippen LogP contribution in [-0.4, -0.2) is 572 Å². The van der Waals surface area contributed by atoms with Gasteiger partial charge < -0.3 is 232 Å². The highest BCUT2D eigenvalue weighted by Gasteiger charge is 2.34. The molecule has 0 saturated heterocycles. The van der Waals surface area contributed by atoms with E-state index >= 15 is 0 Å². The molecule has 0 aliphatic heterocycles. The summed E-state index contributed by atoms with van der Waals surface area (Å²) in [4.78, 5) is 0. The first-order chi connectivity index (χ1) is 57.3.